The molecule has 1 rings (SSSR count). The van der Waals surface area contributed by atoms with E-state index in [0.717, 1.165) is 18.2 Å². The number of rotatable bonds is 5. The van der Waals surface area contributed by atoms with Crippen LogP contribution < -0.4 is 4.72 Å². The molecule has 1 aromatic carbocycles. The van der Waals surface area contributed by atoms with Crippen molar-refractivity contribution in [2.24, 2.45) is 0 Å². The maximum absolute atomic E-state index is 13.5. The molecule has 0 fully saturated rings. The van der Waals surface area contributed by atoms with Crippen molar-refractivity contribution in [1.29, 1.82) is 0 Å². The molecule has 0 atom stereocenters. The zero-order valence-corrected chi connectivity index (χ0v) is 11.5. The smallest absolute Gasteiger partial charge is 0.341 e. The molecule has 0 aromatic heterocycles. The molecule has 0 bridgehead atoms. The highest BCUT2D eigenvalue weighted by Crippen LogP contribution is 2.16. The van der Waals surface area contributed by atoms with E-state index in [0.29, 0.717) is 0 Å². The number of esters is 1. The van der Waals surface area contributed by atoms with Gasteiger partial charge in [0, 0.05) is 5.03 Å². The Bertz CT molecular complexity index is 615. The minimum absolute atomic E-state index is 0.0627. The molecule has 0 aliphatic heterocycles. The average molecular weight is 308 g/mol. The van der Waals surface area contributed by atoms with Crippen LogP contribution in [0.4, 0.5) is 4.39 Å². The molecule has 1 N–H and O–H groups in total. The Morgan fingerprint density at radius 3 is 2.68 bits per heavy atom. The van der Waals surface area contributed by atoms with Crippen LogP contribution in [0.15, 0.2) is 34.7 Å². The van der Waals surface area contributed by atoms with E-state index in [4.69, 9.17) is 11.6 Å². The van der Waals surface area contributed by atoms with Crippen LogP contribution in [-0.2, 0) is 14.8 Å². The van der Waals surface area contributed by atoms with Gasteiger partial charge in [-0.25, -0.2) is 22.3 Å². The van der Waals surface area contributed by atoms with E-state index in [-0.39, 0.29) is 16.5 Å². The highest BCUT2D eigenvalue weighted by Gasteiger charge is 2.19. The molecule has 0 aliphatic rings. The van der Waals surface area contributed by atoms with Crippen LogP contribution in [0.1, 0.15) is 10.4 Å². The van der Waals surface area contributed by atoms with Gasteiger partial charge in [-0.3, -0.25) is 0 Å². The maximum atomic E-state index is 13.5. The van der Waals surface area contributed by atoms with Crippen LogP contribution in [0, 0.1) is 5.82 Å². The lowest BCUT2D eigenvalue weighted by molar-refractivity contribution is 0.0540. The van der Waals surface area contributed by atoms with Crippen molar-refractivity contribution in [3.8, 4) is 0 Å². The molecule has 104 valence electrons. The second-order valence-corrected chi connectivity index (χ2v) is 5.86. The van der Waals surface area contributed by atoms with Crippen LogP contribution in [-0.4, -0.2) is 28.0 Å². The van der Waals surface area contributed by atoms with Gasteiger partial charge in [0.25, 0.3) is 0 Å². The van der Waals surface area contributed by atoms with Gasteiger partial charge in [-0.1, -0.05) is 18.2 Å². The minimum atomic E-state index is -3.77. The van der Waals surface area contributed by atoms with Crippen LogP contribution >= 0.6 is 11.6 Å². The average Bonchev–Trinajstić information content (AvgIpc) is 2.36. The number of nitrogens with one attached hydrogen (secondary N) is 1. The molecule has 8 heteroatoms. The Morgan fingerprint density at radius 1 is 1.53 bits per heavy atom. The highest BCUT2D eigenvalue weighted by molar-refractivity contribution is 7.89. The SMILES string of the molecule is C=C(Cl)COC(=O)c1cc(S(=O)(=O)NC)ccc1F. The summed E-state index contributed by atoms with van der Waals surface area (Å²) >= 11 is 5.40. The lowest BCUT2D eigenvalue weighted by Crippen LogP contribution is -2.19. The first-order valence-electron chi connectivity index (χ1n) is 5.01. The second kappa shape index (κ2) is 6.14. The summed E-state index contributed by atoms with van der Waals surface area (Å²) in [4.78, 5) is 11.3. The van der Waals surface area contributed by atoms with Gasteiger partial charge in [0.15, 0.2) is 0 Å². The van der Waals surface area contributed by atoms with Gasteiger partial charge < -0.3 is 4.74 Å². The van der Waals surface area contributed by atoms with Crippen molar-refractivity contribution in [2.45, 2.75) is 4.90 Å². The molecule has 0 heterocycles. The van der Waals surface area contributed by atoms with Crippen molar-refractivity contribution in [1.82, 2.24) is 4.72 Å². The van der Waals surface area contributed by atoms with Crippen molar-refractivity contribution in [2.75, 3.05) is 13.7 Å². The molecule has 19 heavy (non-hydrogen) atoms. The van der Waals surface area contributed by atoms with Crippen molar-refractivity contribution in [3.63, 3.8) is 0 Å². The highest BCUT2D eigenvalue weighted by atomic mass is 35.5. The molecule has 5 nitrogen and oxygen atoms in total. The molecule has 0 saturated heterocycles. The van der Waals surface area contributed by atoms with E-state index in [2.05, 4.69) is 16.0 Å². The third-order valence-corrected chi connectivity index (χ3v) is 3.62. The number of halogens is 2. The Balaban J connectivity index is 3.11. The molecule has 0 spiro atoms. The summed E-state index contributed by atoms with van der Waals surface area (Å²) in [5.41, 5.74) is -0.491. The number of ether oxygens (including phenoxy) is 1. The monoisotopic (exact) mass is 307 g/mol. The number of sulfonamides is 1. The summed E-state index contributed by atoms with van der Waals surface area (Å²) in [6.07, 6.45) is 0. The Hall–Kier alpha value is -1.44. The predicted molar refractivity (Wildman–Crippen MR) is 67.9 cm³/mol. The van der Waals surface area contributed by atoms with Gasteiger partial charge in [-0.2, -0.15) is 0 Å². The van der Waals surface area contributed by atoms with Crippen LogP contribution in [0.2, 0.25) is 0 Å². The lowest BCUT2D eigenvalue weighted by atomic mass is 10.2. The van der Waals surface area contributed by atoms with Crippen molar-refractivity contribution in [3.05, 3.63) is 41.2 Å². The first kappa shape index (κ1) is 15.6. The molecular formula is C11H11ClFNO4S. The third-order valence-electron chi connectivity index (χ3n) is 2.10. The van der Waals surface area contributed by atoms with E-state index >= 15 is 0 Å². The number of hydrogen-bond donors (Lipinski definition) is 1. The van der Waals surface area contributed by atoms with E-state index in [1.165, 1.54) is 7.05 Å². The number of carbonyl (C=O) groups excluding carboxylic acids is 1. The van der Waals surface area contributed by atoms with Crippen LogP contribution in [0.5, 0.6) is 0 Å². The first-order valence-corrected chi connectivity index (χ1v) is 6.87. The zero-order valence-electron chi connectivity index (χ0n) is 9.94. The molecule has 0 aliphatic carbocycles. The minimum Gasteiger partial charge on any atom is -0.456 e. The molecular weight excluding hydrogens is 297 g/mol. The largest absolute Gasteiger partial charge is 0.456 e. The summed E-state index contributed by atoms with van der Waals surface area (Å²) in [5.74, 6) is -1.91. The number of benzene rings is 1. The number of carbonyl (C=O) groups is 1. The second-order valence-electron chi connectivity index (χ2n) is 3.44. The molecule has 0 saturated carbocycles. The fourth-order valence-corrected chi connectivity index (χ4v) is 1.98. The quantitative estimate of drug-likeness (QED) is 0.839. The summed E-state index contributed by atoms with van der Waals surface area (Å²) in [6, 6.07) is 2.80. The van der Waals surface area contributed by atoms with Crippen LogP contribution in [0.3, 0.4) is 0 Å². The summed E-state index contributed by atoms with van der Waals surface area (Å²) in [5, 5.41) is 0.0627. The Morgan fingerprint density at radius 2 is 2.16 bits per heavy atom. The van der Waals surface area contributed by atoms with E-state index in [9.17, 15) is 17.6 Å². The molecule has 0 amide bonds. The summed E-state index contributed by atoms with van der Waals surface area (Å²) in [7, 11) is -2.57. The topological polar surface area (TPSA) is 72.5 Å². The number of hydrogen-bond acceptors (Lipinski definition) is 4. The summed E-state index contributed by atoms with van der Waals surface area (Å²) in [6.45, 7) is 3.01. The van der Waals surface area contributed by atoms with Crippen molar-refractivity contribution < 1.29 is 22.3 Å². The van der Waals surface area contributed by atoms with E-state index < -0.39 is 27.4 Å². The lowest BCUT2D eigenvalue weighted by Gasteiger charge is -2.07. The fraction of sp³-hybridized carbons (Fsp3) is 0.182. The van der Waals surface area contributed by atoms with Crippen molar-refractivity contribution >= 4 is 27.6 Å². The van der Waals surface area contributed by atoms with Gasteiger partial charge in [0.05, 0.1) is 10.5 Å². The van der Waals surface area contributed by atoms with Gasteiger partial charge in [0.2, 0.25) is 10.0 Å². The first-order chi connectivity index (χ1) is 8.77. The normalized spacial score (nSPS) is 11.1. The Labute approximate surface area is 115 Å². The van der Waals surface area contributed by atoms with Gasteiger partial charge in [0.1, 0.15) is 12.4 Å². The van der Waals surface area contributed by atoms with Gasteiger partial charge >= 0.3 is 5.97 Å². The van der Waals surface area contributed by atoms with E-state index in [1.54, 1.807) is 0 Å². The standard InChI is InChI=1S/C11H11ClFNO4S/c1-7(12)6-18-11(15)9-5-8(3-4-10(9)13)19(16,17)14-2/h3-5,14H,1,6H2,2H3. The fourth-order valence-electron chi connectivity index (χ4n) is 1.17. The van der Waals surface area contributed by atoms with Gasteiger partial charge in [-0.05, 0) is 25.2 Å². The molecule has 1 aromatic rings. The summed E-state index contributed by atoms with van der Waals surface area (Å²) < 4.78 is 43.2. The third kappa shape index (κ3) is 4.02. The molecule has 0 radical (unpaired) electrons. The Kier molecular flexibility index (Phi) is 5.04. The predicted octanol–water partition coefficient (Wildman–Crippen LogP) is 1.64. The maximum Gasteiger partial charge on any atom is 0.341 e. The van der Waals surface area contributed by atoms with Crippen LogP contribution in [0.25, 0.3) is 0 Å². The molecule has 0 unspecified atom stereocenters. The van der Waals surface area contributed by atoms with E-state index in [1.807, 2.05) is 0 Å². The van der Waals surface area contributed by atoms with Gasteiger partial charge in [-0.15, -0.1) is 0 Å². The zero-order chi connectivity index (χ0) is 14.6.